The maximum absolute atomic E-state index is 10.9. The van der Waals surface area contributed by atoms with Crippen LogP contribution < -0.4 is 4.90 Å². The Morgan fingerprint density at radius 3 is 2.88 bits per heavy atom. The van der Waals surface area contributed by atoms with E-state index in [4.69, 9.17) is 11.5 Å². The minimum absolute atomic E-state index is 0.111. The number of terminal acetylenes is 1. The topological polar surface area (TPSA) is 66.3 Å². The Labute approximate surface area is 93.5 Å². The van der Waals surface area contributed by atoms with E-state index in [0.29, 0.717) is 6.54 Å². The van der Waals surface area contributed by atoms with Crippen LogP contribution in [0.2, 0.25) is 0 Å². The summed E-state index contributed by atoms with van der Waals surface area (Å²) in [5.74, 6) is 1.56. The molecule has 0 bridgehead atoms. The van der Waals surface area contributed by atoms with Crippen LogP contribution in [-0.4, -0.2) is 34.1 Å². The maximum Gasteiger partial charge on any atom is 0.358 e. The molecule has 0 saturated heterocycles. The molecule has 5 nitrogen and oxygen atoms in total. The van der Waals surface area contributed by atoms with Crippen LogP contribution in [0.5, 0.6) is 0 Å². The van der Waals surface area contributed by atoms with E-state index in [1.807, 2.05) is 0 Å². The summed E-state index contributed by atoms with van der Waals surface area (Å²) in [6.07, 6.45) is 9.58. The molecule has 1 N–H and O–H groups in total. The van der Waals surface area contributed by atoms with Gasteiger partial charge in [0.2, 0.25) is 0 Å². The van der Waals surface area contributed by atoms with Crippen molar-refractivity contribution in [3.63, 3.8) is 0 Å². The molecular formula is C11H11N3O2. The zero-order valence-electron chi connectivity index (χ0n) is 8.63. The summed E-state index contributed by atoms with van der Waals surface area (Å²) < 4.78 is 0. The fourth-order valence-electron chi connectivity index (χ4n) is 1.20. The molecule has 0 fully saturated rings. The van der Waals surface area contributed by atoms with Crippen molar-refractivity contribution in [3.8, 4) is 12.3 Å². The summed E-state index contributed by atoms with van der Waals surface area (Å²) in [7, 11) is 0. The Hall–Kier alpha value is -2.35. The lowest BCUT2D eigenvalue weighted by Gasteiger charge is -2.19. The second-order valence-corrected chi connectivity index (χ2v) is 2.91. The standard InChI is InChI=1S/C11H11N3O2/c1-3-7-14(8-4-2)10-9(11(15)16)12-5-6-13-10/h1,4-6H,2,7-8H2,(H,15,16). The molecule has 82 valence electrons. The highest BCUT2D eigenvalue weighted by Gasteiger charge is 2.17. The predicted octanol–water partition coefficient (Wildman–Crippen LogP) is 0.800. The maximum atomic E-state index is 10.9. The number of hydrogen-bond acceptors (Lipinski definition) is 4. The fourth-order valence-corrected chi connectivity index (χ4v) is 1.20. The van der Waals surface area contributed by atoms with Gasteiger partial charge in [-0.25, -0.2) is 14.8 Å². The molecule has 5 heteroatoms. The quantitative estimate of drug-likeness (QED) is 0.583. The van der Waals surface area contributed by atoms with E-state index in [1.54, 1.807) is 11.0 Å². The van der Waals surface area contributed by atoms with Crippen LogP contribution in [0.25, 0.3) is 0 Å². The second-order valence-electron chi connectivity index (χ2n) is 2.91. The monoisotopic (exact) mass is 217 g/mol. The molecule has 1 heterocycles. The molecule has 0 aliphatic heterocycles. The molecule has 0 unspecified atom stereocenters. The molecule has 0 radical (unpaired) electrons. The Kier molecular flexibility index (Phi) is 4.04. The van der Waals surface area contributed by atoms with Gasteiger partial charge in [0.1, 0.15) is 0 Å². The van der Waals surface area contributed by atoms with Gasteiger partial charge in [0, 0.05) is 18.9 Å². The molecule has 1 rings (SSSR count). The minimum Gasteiger partial charge on any atom is -0.476 e. The van der Waals surface area contributed by atoms with Crippen molar-refractivity contribution in [3.05, 3.63) is 30.7 Å². The Morgan fingerprint density at radius 2 is 2.31 bits per heavy atom. The third-order valence-corrected chi connectivity index (χ3v) is 1.81. The molecule has 0 aromatic carbocycles. The molecule has 0 atom stereocenters. The van der Waals surface area contributed by atoms with Crippen molar-refractivity contribution >= 4 is 11.8 Å². The molecule has 1 aromatic heterocycles. The average molecular weight is 217 g/mol. The molecule has 0 aliphatic rings. The number of rotatable bonds is 5. The van der Waals surface area contributed by atoms with E-state index < -0.39 is 5.97 Å². The van der Waals surface area contributed by atoms with Gasteiger partial charge in [-0.15, -0.1) is 13.0 Å². The van der Waals surface area contributed by atoms with Crippen molar-refractivity contribution in [2.45, 2.75) is 0 Å². The Balaban J connectivity index is 3.12. The first kappa shape index (κ1) is 11.7. The van der Waals surface area contributed by atoms with Crippen LogP contribution in [0, 0.1) is 12.3 Å². The highest BCUT2D eigenvalue weighted by molar-refractivity contribution is 5.91. The zero-order valence-corrected chi connectivity index (χ0v) is 8.63. The van der Waals surface area contributed by atoms with Gasteiger partial charge < -0.3 is 10.0 Å². The zero-order chi connectivity index (χ0) is 12.0. The number of hydrogen-bond donors (Lipinski definition) is 1. The summed E-state index contributed by atoms with van der Waals surface area (Å²) >= 11 is 0. The highest BCUT2D eigenvalue weighted by Crippen LogP contribution is 2.14. The first-order valence-electron chi connectivity index (χ1n) is 4.54. The van der Waals surface area contributed by atoms with Crippen molar-refractivity contribution in [1.82, 2.24) is 9.97 Å². The first-order chi connectivity index (χ1) is 7.70. The van der Waals surface area contributed by atoms with Crippen LogP contribution in [0.15, 0.2) is 25.0 Å². The third kappa shape index (κ3) is 2.58. The van der Waals surface area contributed by atoms with Gasteiger partial charge in [-0.05, 0) is 0 Å². The van der Waals surface area contributed by atoms with E-state index >= 15 is 0 Å². The molecule has 16 heavy (non-hydrogen) atoms. The number of carboxylic acids is 1. The van der Waals surface area contributed by atoms with Gasteiger partial charge in [0.15, 0.2) is 11.5 Å². The Bertz CT molecular complexity index is 437. The van der Waals surface area contributed by atoms with Gasteiger partial charge >= 0.3 is 5.97 Å². The van der Waals surface area contributed by atoms with Crippen LogP contribution >= 0.6 is 0 Å². The van der Waals surface area contributed by atoms with Gasteiger partial charge in [0.25, 0.3) is 0 Å². The molecule has 0 saturated carbocycles. The fraction of sp³-hybridized carbons (Fsp3) is 0.182. The van der Waals surface area contributed by atoms with Crippen molar-refractivity contribution in [1.29, 1.82) is 0 Å². The average Bonchev–Trinajstić information content (AvgIpc) is 2.29. The predicted molar refractivity (Wildman–Crippen MR) is 60.2 cm³/mol. The van der Waals surface area contributed by atoms with E-state index in [0.717, 1.165) is 0 Å². The van der Waals surface area contributed by atoms with E-state index in [1.165, 1.54) is 12.4 Å². The van der Waals surface area contributed by atoms with E-state index in [2.05, 4.69) is 22.5 Å². The lowest BCUT2D eigenvalue weighted by molar-refractivity contribution is 0.0691. The lowest BCUT2D eigenvalue weighted by Crippen LogP contribution is -2.27. The lowest BCUT2D eigenvalue weighted by atomic mass is 10.3. The summed E-state index contributed by atoms with van der Waals surface area (Å²) in [6, 6.07) is 0. The molecular weight excluding hydrogens is 206 g/mol. The largest absolute Gasteiger partial charge is 0.476 e. The second kappa shape index (κ2) is 5.51. The molecule has 0 aliphatic carbocycles. The van der Waals surface area contributed by atoms with Crippen LogP contribution in [0.1, 0.15) is 10.5 Å². The smallest absolute Gasteiger partial charge is 0.358 e. The molecule has 1 aromatic rings. The van der Waals surface area contributed by atoms with Crippen molar-refractivity contribution in [2.24, 2.45) is 0 Å². The van der Waals surface area contributed by atoms with Crippen molar-refractivity contribution < 1.29 is 9.90 Å². The number of aromatic nitrogens is 2. The van der Waals surface area contributed by atoms with E-state index in [9.17, 15) is 4.79 Å². The van der Waals surface area contributed by atoms with Crippen LogP contribution in [0.3, 0.4) is 0 Å². The van der Waals surface area contributed by atoms with Gasteiger partial charge in [-0.2, -0.15) is 0 Å². The van der Waals surface area contributed by atoms with Gasteiger partial charge in [-0.1, -0.05) is 12.0 Å². The summed E-state index contributed by atoms with van der Waals surface area (Å²) in [4.78, 5) is 20.3. The highest BCUT2D eigenvalue weighted by atomic mass is 16.4. The summed E-state index contributed by atoms with van der Waals surface area (Å²) in [6.45, 7) is 4.25. The van der Waals surface area contributed by atoms with E-state index in [-0.39, 0.29) is 18.1 Å². The number of carboxylic acid groups (broad SMARTS) is 1. The molecule has 0 amide bonds. The summed E-state index contributed by atoms with van der Waals surface area (Å²) in [5.41, 5.74) is -0.111. The number of nitrogens with zero attached hydrogens (tertiary/aromatic N) is 3. The summed E-state index contributed by atoms with van der Waals surface area (Å²) in [5, 5.41) is 8.94. The number of carbonyl (C=O) groups is 1. The normalized spacial score (nSPS) is 9.19. The minimum atomic E-state index is -1.13. The number of aromatic carboxylic acids is 1. The van der Waals surface area contributed by atoms with Gasteiger partial charge in [0.05, 0.1) is 6.54 Å². The van der Waals surface area contributed by atoms with Crippen LogP contribution in [0.4, 0.5) is 5.82 Å². The van der Waals surface area contributed by atoms with Crippen LogP contribution in [-0.2, 0) is 0 Å². The van der Waals surface area contributed by atoms with Crippen molar-refractivity contribution in [2.75, 3.05) is 18.0 Å². The number of anilines is 1. The SMILES string of the molecule is C#CCN(CC=C)c1nccnc1C(=O)O. The third-order valence-electron chi connectivity index (χ3n) is 1.81. The Morgan fingerprint density at radius 1 is 1.62 bits per heavy atom. The molecule has 0 spiro atoms. The van der Waals surface area contributed by atoms with Gasteiger partial charge in [-0.3, -0.25) is 0 Å². The first-order valence-corrected chi connectivity index (χ1v) is 4.54.